The van der Waals surface area contributed by atoms with Gasteiger partial charge in [0.05, 0.1) is 4.90 Å². The van der Waals surface area contributed by atoms with E-state index in [1.54, 1.807) is 30.3 Å². The third-order valence-electron chi connectivity index (χ3n) is 2.96. The first-order chi connectivity index (χ1) is 10.0. The maximum Gasteiger partial charge on any atom is 0.240 e. The molecule has 0 heterocycles. The molecule has 2 rings (SSSR count). The minimum Gasteiger partial charge on any atom is -0.385 e. The number of halogens is 1. The van der Waals surface area contributed by atoms with Gasteiger partial charge in [-0.2, -0.15) is 0 Å². The summed E-state index contributed by atoms with van der Waals surface area (Å²) in [6.07, 6.45) is 0. The molecule has 2 aromatic carbocycles. The first kappa shape index (κ1) is 15.5. The molecule has 0 aliphatic heterocycles. The van der Waals surface area contributed by atoms with Gasteiger partial charge in [-0.3, -0.25) is 0 Å². The summed E-state index contributed by atoms with van der Waals surface area (Å²) >= 11 is 0. The van der Waals surface area contributed by atoms with Gasteiger partial charge in [0.25, 0.3) is 0 Å². The van der Waals surface area contributed by atoms with E-state index in [9.17, 15) is 12.8 Å². The predicted molar refractivity (Wildman–Crippen MR) is 81.0 cm³/mol. The van der Waals surface area contributed by atoms with Crippen molar-refractivity contribution in [3.8, 4) is 0 Å². The number of anilines is 1. The van der Waals surface area contributed by atoms with Gasteiger partial charge in [0.2, 0.25) is 10.0 Å². The highest BCUT2D eigenvalue weighted by Crippen LogP contribution is 2.14. The van der Waals surface area contributed by atoms with Gasteiger partial charge in [0, 0.05) is 24.3 Å². The molecular formula is C15H17FN2O2S. The van der Waals surface area contributed by atoms with Crippen molar-refractivity contribution >= 4 is 15.7 Å². The van der Waals surface area contributed by atoms with Crippen molar-refractivity contribution in [2.75, 3.05) is 11.9 Å². The van der Waals surface area contributed by atoms with Crippen LogP contribution in [0.2, 0.25) is 0 Å². The number of benzene rings is 2. The van der Waals surface area contributed by atoms with E-state index in [1.165, 1.54) is 18.2 Å². The third kappa shape index (κ3) is 4.03. The molecule has 0 atom stereocenters. The molecule has 0 unspecified atom stereocenters. The van der Waals surface area contributed by atoms with Crippen LogP contribution in [-0.2, 0) is 16.6 Å². The largest absolute Gasteiger partial charge is 0.385 e. The van der Waals surface area contributed by atoms with Gasteiger partial charge < -0.3 is 5.32 Å². The second-order valence-corrected chi connectivity index (χ2v) is 6.24. The monoisotopic (exact) mass is 308 g/mol. The minimum absolute atomic E-state index is 0.0794. The number of hydrogen-bond acceptors (Lipinski definition) is 3. The maximum atomic E-state index is 13.5. The summed E-state index contributed by atoms with van der Waals surface area (Å²) in [5.41, 5.74) is 1.16. The molecule has 112 valence electrons. The maximum absolute atomic E-state index is 13.5. The Balaban J connectivity index is 2.09. The Morgan fingerprint density at radius 2 is 1.71 bits per heavy atom. The third-order valence-corrected chi connectivity index (χ3v) is 4.37. The summed E-state index contributed by atoms with van der Waals surface area (Å²) in [5, 5.41) is 3.09. The average Bonchev–Trinajstić information content (AvgIpc) is 2.47. The predicted octanol–water partition coefficient (Wildman–Crippen LogP) is 2.74. The average molecular weight is 308 g/mol. The summed E-state index contributed by atoms with van der Waals surface area (Å²) in [6.45, 7) is 2.64. The van der Waals surface area contributed by atoms with Crippen molar-refractivity contribution in [3.05, 3.63) is 59.9 Å². The molecule has 6 heteroatoms. The second-order valence-electron chi connectivity index (χ2n) is 4.47. The van der Waals surface area contributed by atoms with Crippen LogP contribution in [0.3, 0.4) is 0 Å². The Kier molecular flexibility index (Phi) is 4.93. The van der Waals surface area contributed by atoms with E-state index in [0.29, 0.717) is 5.56 Å². The van der Waals surface area contributed by atoms with E-state index >= 15 is 0 Å². The summed E-state index contributed by atoms with van der Waals surface area (Å²) in [4.78, 5) is 0.153. The van der Waals surface area contributed by atoms with Gasteiger partial charge >= 0.3 is 0 Å². The molecule has 0 spiro atoms. The van der Waals surface area contributed by atoms with E-state index in [1.807, 2.05) is 6.92 Å². The lowest BCUT2D eigenvalue weighted by molar-refractivity contribution is 0.574. The fraction of sp³-hybridized carbons (Fsp3) is 0.200. The van der Waals surface area contributed by atoms with Crippen LogP contribution in [0.5, 0.6) is 0 Å². The standard InChI is InChI=1S/C15H17FN2O2S/c1-2-17-13-7-9-14(10-8-13)21(19,20)18-11-12-5-3-4-6-15(12)16/h3-10,17-18H,2,11H2,1H3. The quantitative estimate of drug-likeness (QED) is 0.862. The SMILES string of the molecule is CCNc1ccc(S(=O)(=O)NCc2ccccc2F)cc1. The van der Waals surface area contributed by atoms with Crippen molar-refractivity contribution in [1.82, 2.24) is 4.72 Å². The zero-order valence-electron chi connectivity index (χ0n) is 11.6. The van der Waals surface area contributed by atoms with Gasteiger partial charge in [-0.05, 0) is 37.3 Å². The molecule has 0 saturated carbocycles. The molecule has 0 radical (unpaired) electrons. The summed E-state index contributed by atoms with van der Waals surface area (Å²) in [7, 11) is -3.65. The fourth-order valence-electron chi connectivity index (χ4n) is 1.85. The molecule has 0 aliphatic carbocycles. The van der Waals surface area contributed by atoms with Crippen LogP contribution in [0.4, 0.5) is 10.1 Å². The molecule has 2 aromatic rings. The number of rotatable bonds is 6. The molecule has 0 amide bonds. The van der Waals surface area contributed by atoms with Gasteiger partial charge in [0.15, 0.2) is 0 Å². The second kappa shape index (κ2) is 6.69. The zero-order chi connectivity index (χ0) is 15.3. The Labute approximate surface area is 124 Å². The molecular weight excluding hydrogens is 291 g/mol. The van der Waals surface area contributed by atoms with Crippen molar-refractivity contribution < 1.29 is 12.8 Å². The molecule has 0 aliphatic rings. The van der Waals surface area contributed by atoms with Gasteiger partial charge in [-0.25, -0.2) is 17.5 Å². The van der Waals surface area contributed by atoms with Crippen molar-refractivity contribution in [1.29, 1.82) is 0 Å². The lowest BCUT2D eigenvalue weighted by atomic mass is 10.2. The van der Waals surface area contributed by atoms with Crippen LogP contribution in [0.25, 0.3) is 0 Å². The molecule has 0 fully saturated rings. The van der Waals surface area contributed by atoms with Gasteiger partial charge in [0.1, 0.15) is 5.82 Å². The van der Waals surface area contributed by atoms with Crippen LogP contribution in [0, 0.1) is 5.82 Å². The molecule has 0 saturated heterocycles. The topological polar surface area (TPSA) is 58.2 Å². The summed E-state index contributed by atoms with van der Waals surface area (Å²) < 4.78 is 40.1. The van der Waals surface area contributed by atoms with Gasteiger partial charge in [-0.15, -0.1) is 0 Å². The summed E-state index contributed by atoms with van der Waals surface area (Å²) in [5.74, 6) is -0.428. The first-order valence-corrected chi connectivity index (χ1v) is 8.08. The van der Waals surface area contributed by atoms with E-state index in [2.05, 4.69) is 10.0 Å². The Morgan fingerprint density at radius 3 is 2.33 bits per heavy atom. The number of hydrogen-bond donors (Lipinski definition) is 2. The van der Waals surface area contributed by atoms with E-state index < -0.39 is 15.8 Å². The highest BCUT2D eigenvalue weighted by molar-refractivity contribution is 7.89. The van der Waals surface area contributed by atoms with Crippen molar-refractivity contribution in [2.24, 2.45) is 0 Å². The Hall–Kier alpha value is -1.92. The van der Waals surface area contributed by atoms with Crippen molar-refractivity contribution in [3.63, 3.8) is 0 Å². The lowest BCUT2D eigenvalue weighted by Crippen LogP contribution is -2.23. The van der Waals surface area contributed by atoms with Crippen LogP contribution in [0.1, 0.15) is 12.5 Å². The zero-order valence-corrected chi connectivity index (χ0v) is 12.5. The van der Waals surface area contributed by atoms with Crippen LogP contribution in [0.15, 0.2) is 53.4 Å². The number of sulfonamides is 1. The number of nitrogens with one attached hydrogen (secondary N) is 2. The highest BCUT2D eigenvalue weighted by atomic mass is 32.2. The molecule has 0 bridgehead atoms. The molecule has 4 nitrogen and oxygen atoms in total. The fourth-order valence-corrected chi connectivity index (χ4v) is 2.86. The van der Waals surface area contributed by atoms with Crippen LogP contribution < -0.4 is 10.0 Å². The normalized spacial score (nSPS) is 11.3. The smallest absolute Gasteiger partial charge is 0.240 e. The highest BCUT2D eigenvalue weighted by Gasteiger charge is 2.14. The van der Waals surface area contributed by atoms with Crippen molar-refractivity contribution in [2.45, 2.75) is 18.4 Å². The van der Waals surface area contributed by atoms with Crippen LogP contribution >= 0.6 is 0 Å². The van der Waals surface area contributed by atoms with E-state index in [4.69, 9.17) is 0 Å². The van der Waals surface area contributed by atoms with Gasteiger partial charge in [-0.1, -0.05) is 18.2 Å². The Morgan fingerprint density at radius 1 is 1.05 bits per heavy atom. The lowest BCUT2D eigenvalue weighted by Gasteiger charge is -2.09. The van der Waals surface area contributed by atoms with E-state index in [-0.39, 0.29) is 11.4 Å². The Bertz CT molecular complexity index is 700. The molecule has 2 N–H and O–H groups in total. The summed E-state index contributed by atoms with van der Waals surface area (Å²) in [6, 6.07) is 12.5. The van der Waals surface area contributed by atoms with E-state index in [0.717, 1.165) is 12.2 Å². The first-order valence-electron chi connectivity index (χ1n) is 6.60. The minimum atomic E-state index is -3.65. The van der Waals surface area contributed by atoms with Crippen LogP contribution in [-0.4, -0.2) is 15.0 Å². The molecule has 0 aromatic heterocycles. The molecule has 21 heavy (non-hydrogen) atoms.